The van der Waals surface area contributed by atoms with Crippen molar-refractivity contribution < 1.29 is 9.18 Å². The molecule has 0 aromatic heterocycles. The molecule has 0 saturated carbocycles. The molecule has 0 bridgehead atoms. The normalized spacial score (nSPS) is 14.4. The summed E-state index contributed by atoms with van der Waals surface area (Å²) in [5.74, 6) is -0.0809. The predicted molar refractivity (Wildman–Crippen MR) is 87.7 cm³/mol. The van der Waals surface area contributed by atoms with Crippen molar-refractivity contribution in [2.75, 3.05) is 6.54 Å². The van der Waals surface area contributed by atoms with E-state index in [0.29, 0.717) is 25.1 Å². The predicted octanol–water partition coefficient (Wildman–Crippen LogP) is 4.71. The van der Waals surface area contributed by atoms with E-state index >= 15 is 0 Å². The van der Waals surface area contributed by atoms with Crippen molar-refractivity contribution in [2.45, 2.75) is 53.4 Å². The quantitative estimate of drug-likeness (QED) is 0.408. The number of nitrogens with zero attached hydrogens (tertiary/aromatic N) is 2. The van der Waals surface area contributed by atoms with Crippen LogP contribution in [0.4, 0.5) is 4.39 Å². The number of hydrogen-bond acceptors (Lipinski definition) is 3. The van der Waals surface area contributed by atoms with Crippen molar-refractivity contribution in [2.24, 2.45) is 16.9 Å². The van der Waals surface area contributed by atoms with E-state index in [1.54, 1.807) is 11.2 Å². The van der Waals surface area contributed by atoms with Gasteiger partial charge in [-0.2, -0.15) is 5.10 Å². The molecule has 0 fully saturated rings. The monoisotopic (exact) mass is 296 g/mol. The molecular weight excluding hydrogens is 267 g/mol. The highest BCUT2D eigenvalue weighted by atomic mass is 19.1. The van der Waals surface area contributed by atoms with Crippen molar-refractivity contribution in [3.63, 3.8) is 0 Å². The van der Waals surface area contributed by atoms with E-state index in [2.05, 4.69) is 18.3 Å². The molecule has 0 amide bonds. The molecule has 0 radical (unpaired) electrons. The van der Waals surface area contributed by atoms with Gasteiger partial charge in [-0.15, -0.1) is 0 Å². The second-order valence-corrected chi connectivity index (χ2v) is 5.60. The molecule has 0 N–H and O–H groups in total. The minimum atomic E-state index is -0.334. The van der Waals surface area contributed by atoms with Crippen molar-refractivity contribution in [1.29, 1.82) is 0 Å². The highest BCUT2D eigenvalue weighted by Gasteiger charge is 2.19. The van der Waals surface area contributed by atoms with Gasteiger partial charge in [-0.3, -0.25) is 9.80 Å². The third-order valence-electron chi connectivity index (χ3n) is 3.36. The van der Waals surface area contributed by atoms with Crippen molar-refractivity contribution in [3.05, 3.63) is 25.2 Å². The first-order chi connectivity index (χ1) is 9.85. The number of hydrogen-bond donors (Lipinski definition) is 0. The molecular formula is C17H29FN2O. The number of halogens is 1. The van der Waals surface area contributed by atoms with Crippen molar-refractivity contribution in [3.8, 4) is 0 Å². The Balaban J connectivity index is 5.05. The Morgan fingerprint density at radius 1 is 1.38 bits per heavy atom. The van der Waals surface area contributed by atoms with Gasteiger partial charge in [0.1, 0.15) is 5.71 Å². The van der Waals surface area contributed by atoms with E-state index in [-0.39, 0.29) is 23.4 Å². The van der Waals surface area contributed by atoms with Crippen molar-refractivity contribution >= 4 is 11.5 Å². The maximum Gasteiger partial charge on any atom is 0.179 e. The molecule has 0 aliphatic heterocycles. The van der Waals surface area contributed by atoms with E-state index in [1.165, 1.54) is 0 Å². The van der Waals surface area contributed by atoms with Crippen LogP contribution in [0, 0.1) is 11.8 Å². The van der Waals surface area contributed by atoms with Crippen LogP contribution in [0.15, 0.2) is 30.3 Å². The molecule has 0 aromatic rings. The van der Waals surface area contributed by atoms with Crippen LogP contribution in [-0.4, -0.2) is 23.0 Å². The van der Waals surface area contributed by atoms with Crippen LogP contribution in [0.2, 0.25) is 0 Å². The number of rotatable bonds is 11. The smallest absolute Gasteiger partial charge is 0.179 e. The molecule has 0 saturated heterocycles. The lowest BCUT2D eigenvalue weighted by Gasteiger charge is -2.21. The van der Waals surface area contributed by atoms with Crippen LogP contribution in [0.5, 0.6) is 0 Å². The molecule has 4 heteroatoms. The molecule has 0 aliphatic rings. The lowest BCUT2D eigenvalue weighted by atomic mass is 9.97. The average molecular weight is 296 g/mol. The fourth-order valence-electron chi connectivity index (χ4n) is 2.03. The number of allylic oxidation sites excluding steroid dienone is 1. The molecule has 2 unspecified atom stereocenters. The van der Waals surface area contributed by atoms with Crippen LogP contribution in [0.3, 0.4) is 0 Å². The van der Waals surface area contributed by atoms with Gasteiger partial charge in [0, 0.05) is 31.5 Å². The van der Waals surface area contributed by atoms with Crippen LogP contribution in [-0.2, 0) is 4.79 Å². The first-order valence-corrected chi connectivity index (χ1v) is 7.69. The minimum absolute atomic E-state index is 0.0590. The van der Waals surface area contributed by atoms with E-state index in [4.69, 9.17) is 0 Å². The van der Waals surface area contributed by atoms with E-state index < -0.39 is 0 Å². The number of hydrazone groups is 1. The van der Waals surface area contributed by atoms with Crippen LogP contribution >= 0.6 is 0 Å². The third-order valence-corrected chi connectivity index (χ3v) is 3.36. The summed E-state index contributed by atoms with van der Waals surface area (Å²) >= 11 is 0. The first-order valence-electron chi connectivity index (χ1n) is 7.69. The Morgan fingerprint density at radius 2 is 2.00 bits per heavy atom. The largest absolute Gasteiger partial charge is 0.293 e. The van der Waals surface area contributed by atoms with Gasteiger partial charge in [-0.25, -0.2) is 4.39 Å². The zero-order valence-electron chi connectivity index (χ0n) is 13.9. The Bertz CT molecular complexity index is 390. The first kappa shape index (κ1) is 19.6. The Kier molecular flexibility index (Phi) is 9.59. The molecule has 21 heavy (non-hydrogen) atoms. The van der Waals surface area contributed by atoms with Crippen LogP contribution in [0.1, 0.15) is 53.4 Å². The summed E-state index contributed by atoms with van der Waals surface area (Å²) < 4.78 is 12.9. The number of carbonyl (C=O) groups excluding carboxylic acids is 1. The number of carbonyl (C=O) groups is 1. The lowest BCUT2D eigenvalue weighted by molar-refractivity contribution is -0.113. The summed E-state index contributed by atoms with van der Waals surface area (Å²) in [5, 5.41) is 6.10. The minimum Gasteiger partial charge on any atom is -0.293 e. The number of Topliss-reactive ketones (excluding diaryl/α,β-unsaturated/α-hetero) is 1. The summed E-state index contributed by atoms with van der Waals surface area (Å²) in [4.78, 5) is 12.2. The van der Waals surface area contributed by atoms with E-state index in [9.17, 15) is 9.18 Å². The number of ketones is 1. The Morgan fingerprint density at radius 3 is 2.43 bits per heavy atom. The molecule has 0 aliphatic carbocycles. The molecule has 0 heterocycles. The molecule has 0 spiro atoms. The van der Waals surface area contributed by atoms with Gasteiger partial charge in [0.15, 0.2) is 5.78 Å². The van der Waals surface area contributed by atoms with Gasteiger partial charge >= 0.3 is 0 Å². The van der Waals surface area contributed by atoms with Gasteiger partial charge in [0.2, 0.25) is 0 Å². The molecule has 0 rings (SSSR count). The fraction of sp³-hybridized carbons (Fsp3) is 0.647. The Hall–Kier alpha value is -1.45. The maximum absolute atomic E-state index is 12.9. The molecule has 0 aromatic carbocycles. The highest BCUT2D eigenvalue weighted by Crippen LogP contribution is 2.15. The summed E-state index contributed by atoms with van der Waals surface area (Å²) in [6.45, 7) is 15.5. The van der Waals surface area contributed by atoms with Gasteiger partial charge in [0.25, 0.3) is 0 Å². The maximum atomic E-state index is 12.9. The second kappa shape index (κ2) is 10.3. The van der Waals surface area contributed by atoms with Gasteiger partial charge in [0.05, 0.1) is 5.83 Å². The molecule has 2 atom stereocenters. The van der Waals surface area contributed by atoms with Gasteiger partial charge < -0.3 is 0 Å². The van der Waals surface area contributed by atoms with Crippen molar-refractivity contribution in [1.82, 2.24) is 5.01 Å². The fourth-order valence-corrected chi connectivity index (χ4v) is 2.03. The van der Waals surface area contributed by atoms with Crippen LogP contribution < -0.4 is 0 Å². The van der Waals surface area contributed by atoms with Gasteiger partial charge in [-0.05, 0) is 18.8 Å². The Labute approximate surface area is 128 Å². The van der Waals surface area contributed by atoms with E-state index in [1.807, 2.05) is 27.7 Å². The molecule has 120 valence electrons. The highest BCUT2D eigenvalue weighted by molar-refractivity contribution is 6.40. The van der Waals surface area contributed by atoms with Crippen LogP contribution in [0.25, 0.3) is 0 Å². The standard InChI is InChI=1S/C17H29FN2O/c1-7-10-16(21)17(14(5)8-2)19-20(9-3)12-13(4)11-15(6)18/h9,13-14H,3,6-8,10-12H2,1-2,4-5H3/b19-17+. The summed E-state index contributed by atoms with van der Waals surface area (Å²) in [6.07, 6.45) is 4.04. The van der Waals surface area contributed by atoms with Gasteiger partial charge in [-0.1, -0.05) is 40.9 Å². The second-order valence-electron chi connectivity index (χ2n) is 5.60. The zero-order chi connectivity index (χ0) is 16.4. The molecule has 3 nitrogen and oxygen atoms in total. The average Bonchev–Trinajstić information content (AvgIpc) is 2.41. The summed E-state index contributed by atoms with van der Waals surface area (Å²) in [7, 11) is 0. The zero-order valence-corrected chi connectivity index (χ0v) is 13.9. The third kappa shape index (κ3) is 7.78. The lowest BCUT2D eigenvalue weighted by Crippen LogP contribution is -2.27. The SMILES string of the molecule is C=CN(CC(C)CC(=C)F)/N=C(/C(=O)CCC)C(C)CC. The topological polar surface area (TPSA) is 32.7 Å². The van der Waals surface area contributed by atoms with E-state index in [0.717, 1.165) is 12.8 Å². The summed E-state index contributed by atoms with van der Waals surface area (Å²) in [6, 6.07) is 0. The summed E-state index contributed by atoms with van der Waals surface area (Å²) in [5.41, 5.74) is 0.588.